The zero-order valence-corrected chi connectivity index (χ0v) is 11.2. The number of ether oxygens (including phenoxy) is 2. The quantitative estimate of drug-likeness (QED) is 0.850. The van der Waals surface area contributed by atoms with Crippen molar-refractivity contribution < 1.29 is 19.4 Å². The van der Waals surface area contributed by atoms with Gasteiger partial charge < -0.3 is 14.6 Å². The molecule has 0 saturated heterocycles. The van der Waals surface area contributed by atoms with E-state index < -0.39 is 5.97 Å². The van der Waals surface area contributed by atoms with Gasteiger partial charge in [0.1, 0.15) is 11.5 Å². The summed E-state index contributed by atoms with van der Waals surface area (Å²) in [5.74, 6) is 0.535. The normalized spacial score (nSPS) is 10.1. The van der Waals surface area contributed by atoms with Crippen LogP contribution in [-0.4, -0.2) is 24.8 Å². The standard InChI is InChI=1S/C16H16O4/c1-19-15-8-2-12(3-9-15)10-11-20-16(18)13-4-6-14(17)7-5-13/h2-9,17H,10-11H2,1H3. The first-order valence-corrected chi connectivity index (χ1v) is 6.28. The van der Waals surface area contributed by atoms with Crippen molar-refractivity contribution in [1.29, 1.82) is 0 Å². The van der Waals surface area contributed by atoms with Crippen molar-refractivity contribution in [3.8, 4) is 11.5 Å². The summed E-state index contributed by atoms with van der Waals surface area (Å²) in [6.07, 6.45) is 0.647. The predicted octanol–water partition coefficient (Wildman–Crippen LogP) is 2.80. The molecule has 104 valence electrons. The van der Waals surface area contributed by atoms with E-state index in [1.54, 1.807) is 7.11 Å². The van der Waals surface area contributed by atoms with Crippen LogP contribution in [0.4, 0.5) is 0 Å². The highest BCUT2D eigenvalue weighted by Crippen LogP contribution is 2.13. The van der Waals surface area contributed by atoms with Gasteiger partial charge in [-0.3, -0.25) is 0 Å². The van der Waals surface area contributed by atoms with Gasteiger partial charge in [-0.2, -0.15) is 0 Å². The van der Waals surface area contributed by atoms with E-state index >= 15 is 0 Å². The van der Waals surface area contributed by atoms with Crippen molar-refractivity contribution in [3.05, 3.63) is 59.7 Å². The summed E-state index contributed by atoms with van der Waals surface area (Å²) in [6, 6.07) is 13.6. The molecule has 2 aromatic rings. The van der Waals surface area contributed by atoms with Crippen LogP contribution < -0.4 is 4.74 Å². The molecule has 0 fully saturated rings. The maximum Gasteiger partial charge on any atom is 0.338 e. The van der Waals surface area contributed by atoms with E-state index in [4.69, 9.17) is 14.6 Å². The lowest BCUT2D eigenvalue weighted by Gasteiger charge is -2.06. The Morgan fingerprint density at radius 3 is 2.30 bits per heavy atom. The van der Waals surface area contributed by atoms with E-state index in [0.717, 1.165) is 11.3 Å². The van der Waals surface area contributed by atoms with Crippen LogP contribution in [0.15, 0.2) is 48.5 Å². The minimum absolute atomic E-state index is 0.125. The van der Waals surface area contributed by atoms with Crippen LogP contribution in [0.1, 0.15) is 15.9 Å². The van der Waals surface area contributed by atoms with E-state index in [9.17, 15) is 4.79 Å². The van der Waals surface area contributed by atoms with Gasteiger partial charge in [0, 0.05) is 6.42 Å². The molecule has 0 radical (unpaired) electrons. The fourth-order valence-electron chi connectivity index (χ4n) is 1.73. The van der Waals surface area contributed by atoms with Gasteiger partial charge in [0.25, 0.3) is 0 Å². The molecule has 0 amide bonds. The molecule has 0 atom stereocenters. The first-order valence-electron chi connectivity index (χ1n) is 6.28. The Bertz CT molecular complexity index is 558. The Balaban J connectivity index is 1.82. The number of hydrogen-bond donors (Lipinski definition) is 1. The summed E-state index contributed by atoms with van der Waals surface area (Å²) >= 11 is 0. The number of phenolic OH excluding ortho intramolecular Hbond substituents is 1. The number of aromatic hydroxyl groups is 1. The highest BCUT2D eigenvalue weighted by Gasteiger charge is 2.06. The highest BCUT2D eigenvalue weighted by atomic mass is 16.5. The molecule has 20 heavy (non-hydrogen) atoms. The third-order valence-electron chi connectivity index (χ3n) is 2.89. The van der Waals surface area contributed by atoms with E-state index in [2.05, 4.69) is 0 Å². The summed E-state index contributed by atoms with van der Waals surface area (Å²) in [5.41, 5.74) is 1.50. The fraction of sp³-hybridized carbons (Fsp3) is 0.188. The molecule has 0 aliphatic carbocycles. The lowest BCUT2D eigenvalue weighted by molar-refractivity contribution is 0.0509. The Morgan fingerprint density at radius 2 is 1.70 bits per heavy atom. The lowest BCUT2D eigenvalue weighted by atomic mass is 10.1. The molecule has 0 unspecified atom stereocenters. The molecule has 0 aliphatic rings. The van der Waals surface area contributed by atoms with Crippen LogP contribution in [0, 0.1) is 0 Å². The van der Waals surface area contributed by atoms with Gasteiger partial charge >= 0.3 is 5.97 Å². The number of carbonyl (C=O) groups is 1. The summed E-state index contributed by atoms with van der Waals surface area (Å²) in [6.45, 7) is 0.312. The predicted molar refractivity (Wildman–Crippen MR) is 75.1 cm³/mol. The van der Waals surface area contributed by atoms with Crippen LogP contribution in [0.2, 0.25) is 0 Å². The van der Waals surface area contributed by atoms with Crippen molar-refractivity contribution in [2.24, 2.45) is 0 Å². The van der Waals surface area contributed by atoms with Crippen LogP contribution in [0.5, 0.6) is 11.5 Å². The Labute approximate surface area is 117 Å². The van der Waals surface area contributed by atoms with E-state index in [1.165, 1.54) is 24.3 Å². The Hall–Kier alpha value is -2.49. The largest absolute Gasteiger partial charge is 0.508 e. The van der Waals surface area contributed by atoms with Crippen LogP contribution in [0.25, 0.3) is 0 Å². The summed E-state index contributed by atoms with van der Waals surface area (Å²) in [4.78, 5) is 11.7. The average Bonchev–Trinajstić information content (AvgIpc) is 2.48. The van der Waals surface area contributed by atoms with E-state index in [-0.39, 0.29) is 5.75 Å². The van der Waals surface area contributed by atoms with Gasteiger partial charge in [0.05, 0.1) is 19.3 Å². The van der Waals surface area contributed by atoms with Crippen LogP contribution >= 0.6 is 0 Å². The Kier molecular flexibility index (Phi) is 4.60. The monoisotopic (exact) mass is 272 g/mol. The summed E-state index contributed by atoms with van der Waals surface area (Å²) < 4.78 is 10.3. The number of carbonyl (C=O) groups excluding carboxylic acids is 1. The topological polar surface area (TPSA) is 55.8 Å². The number of rotatable bonds is 5. The second-order valence-electron chi connectivity index (χ2n) is 4.28. The zero-order valence-electron chi connectivity index (χ0n) is 11.2. The van der Waals surface area contributed by atoms with Crippen molar-refractivity contribution in [2.45, 2.75) is 6.42 Å². The van der Waals surface area contributed by atoms with Gasteiger partial charge in [-0.05, 0) is 42.0 Å². The second kappa shape index (κ2) is 6.61. The molecular weight excluding hydrogens is 256 g/mol. The second-order valence-corrected chi connectivity index (χ2v) is 4.28. The highest BCUT2D eigenvalue weighted by molar-refractivity contribution is 5.89. The maximum absolute atomic E-state index is 11.7. The van der Waals surface area contributed by atoms with Gasteiger partial charge in [-0.15, -0.1) is 0 Å². The number of methoxy groups -OCH3 is 1. The molecule has 4 heteroatoms. The zero-order chi connectivity index (χ0) is 14.4. The summed E-state index contributed by atoms with van der Waals surface area (Å²) in [7, 11) is 1.62. The minimum atomic E-state index is -0.390. The van der Waals surface area contributed by atoms with Crippen LogP contribution in [0.3, 0.4) is 0 Å². The Morgan fingerprint density at radius 1 is 1.05 bits per heavy atom. The molecule has 0 spiro atoms. The first kappa shape index (κ1) is 13.9. The SMILES string of the molecule is COc1ccc(CCOC(=O)c2ccc(O)cc2)cc1. The molecule has 0 saturated carbocycles. The molecular formula is C16H16O4. The van der Waals surface area contributed by atoms with Crippen molar-refractivity contribution >= 4 is 5.97 Å². The number of esters is 1. The average molecular weight is 272 g/mol. The third-order valence-corrected chi connectivity index (χ3v) is 2.89. The minimum Gasteiger partial charge on any atom is -0.508 e. The molecule has 2 aromatic carbocycles. The smallest absolute Gasteiger partial charge is 0.338 e. The third kappa shape index (κ3) is 3.75. The molecule has 4 nitrogen and oxygen atoms in total. The molecule has 0 heterocycles. The van der Waals surface area contributed by atoms with Gasteiger partial charge in [0.2, 0.25) is 0 Å². The van der Waals surface area contributed by atoms with Gasteiger partial charge in [-0.25, -0.2) is 4.79 Å². The number of hydrogen-bond acceptors (Lipinski definition) is 4. The molecule has 2 rings (SSSR count). The van der Waals surface area contributed by atoms with E-state index in [0.29, 0.717) is 18.6 Å². The first-order chi connectivity index (χ1) is 9.69. The lowest BCUT2D eigenvalue weighted by Crippen LogP contribution is -2.08. The number of benzene rings is 2. The van der Waals surface area contributed by atoms with Gasteiger partial charge in [0.15, 0.2) is 0 Å². The fourth-order valence-corrected chi connectivity index (χ4v) is 1.73. The van der Waals surface area contributed by atoms with Gasteiger partial charge in [-0.1, -0.05) is 12.1 Å². The maximum atomic E-state index is 11.7. The number of phenols is 1. The van der Waals surface area contributed by atoms with Crippen molar-refractivity contribution in [2.75, 3.05) is 13.7 Å². The van der Waals surface area contributed by atoms with Crippen molar-refractivity contribution in [1.82, 2.24) is 0 Å². The molecule has 1 N–H and O–H groups in total. The molecule has 0 bridgehead atoms. The molecule has 0 aliphatic heterocycles. The molecule has 0 aromatic heterocycles. The van der Waals surface area contributed by atoms with Crippen LogP contribution in [-0.2, 0) is 11.2 Å². The van der Waals surface area contributed by atoms with Crippen molar-refractivity contribution in [3.63, 3.8) is 0 Å². The summed E-state index contributed by atoms with van der Waals surface area (Å²) in [5, 5.41) is 9.14. The van der Waals surface area contributed by atoms with E-state index in [1.807, 2.05) is 24.3 Å².